The van der Waals surface area contributed by atoms with Crippen LogP contribution in [-0.4, -0.2) is 18.8 Å². The van der Waals surface area contributed by atoms with Gasteiger partial charge in [0.15, 0.2) is 5.76 Å². The summed E-state index contributed by atoms with van der Waals surface area (Å²) >= 11 is 3.36. The average molecular weight is 468 g/mol. The number of fused-ring (bicyclic) bond motifs is 1. The van der Waals surface area contributed by atoms with Gasteiger partial charge in [-0.15, -0.1) is 0 Å². The number of halogens is 2. The van der Waals surface area contributed by atoms with Crippen molar-refractivity contribution in [3.05, 3.63) is 93.9 Å². The van der Waals surface area contributed by atoms with Crippen molar-refractivity contribution in [3.63, 3.8) is 0 Å². The molecule has 1 amide bonds. The van der Waals surface area contributed by atoms with E-state index in [4.69, 9.17) is 9.15 Å². The van der Waals surface area contributed by atoms with Gasteiger partial charge in [0, 0.05) is 10.9 Å². The van der Waals surface area contributed by atoms with Gasteiger partial charge in [-0.2, -0.15) is 0 Å². The summed E-state index contributed by atoms with van der Waals surface area (Å²) in [6.45, 7) is 0. The van der Waals surface area contributed by atoms with Gasteiger partial charge in [-0.05, 0) is 58.4 Å². The molecule has 0 spiro atoms. The molecule has 1 N–H and O–H groups in total. The molecule has 0 aliphatic carbocycles. The molecule has 1 aromatic heterocycles. The summed E-state index contributed by atoms with van der Waals surface area (Å²) in [5, 5.41) is 3.19. The number of ether oxygens (including phenoxy) is 1. The fourth-order valence-corrected chi connectivity index (χ4v) is 3.64. The van der Waals surface area contributed by atoms with Gasteiger partial charge >= 0.3 is 0 Å². The minimum atomic E-state index is -0.676. The number of hydrogen-bond acceptors (Lipinski definition) is 4. The van der Waals surface area contributed by atoms with Gasteiger partial charge in [-0.1, -0.05) is 24.3 Å². The summed E-state index contributed by atoms with van der Waals surface area (Å²) < 4.78 is 25.6. The van der Waals surface area contributed by atoms with Crippen molar-refractivity contribution in [2.24, 2.45) is 0 Å². The molecular weight excluding hydrogens is 453 g/mol. The van der Waals surface area contributed by atoms with E-state index in [1.165, 1.54) is 25.3 Å². The van der Waals surface area contributed by atoms with Crippen molar-refractivity contribution in [2.75, 3.05) is 12.4 Å². The van der Waals surface area contributed by atoms with Gasteiger partial charge in [-0.3, -0.25) is 9.59 Å². The first-order chi connectivity index (χ1) is 14.5. The highest BCUT2D eigenvalue weighted by Crippen LogP contribution is 2.34. The average Bonchev–Trinajstić information content (AvgIpc) is 3.11. The number of rotatable bonds is 5. The Labute approximate surface area is 179 Å². The molecule has 0 aliphatic rings. The summed E-state index contributed by atoms with van der Waals surface area (Å²) in [5.41, 5.74) is 0.824. The van der Waals surface area contributed by atoms with E-state index in [-0.39, 0.29) is 17.0 Å². The standard InChI is InChI=1S/C23H15BrFNO4/c1-29-19-11-10-13(12-16(19)24)21(27)22-20(15-7-3-5-9-18(15)30-22)26-23(28)14-6-2-4-8-17(14)25/h2-12H,1H3,(H,26,28). The number of benzene rings is 3. The van der Waals surface area contributed by atoms with Crippen LogP contribution in [0.25, 0.3) is 11.0 Å². The predicted molar refractivity (Wildman–Crippen MR) is 115 cm³/mol. The molecule has 0 saturated carbocycles. The van der Waals surface area contributed by atoms with Crippen LogP contribution in [0.1, 0.15) is 26.5 Å². The van der Waals surface area contributed by atoms with Crippen LogP contribution in [0.15, 0.2) is 75.6 Å². The molecule has 0 unspecified atom stereocenters. The van der Waals surface area contributed by atoms with E-state index < -0.39 is 17.5 Å². The van der Waals surface area contributed by atoms with Gasteiger partial charge in [0.05, 0.1) is 22.8 Å². The Hall–Kier alpha value is -3.45. The Bertz CT molecular complexity index is 1280. The summed E-state index contributed by atoms with van der Waals surface area (Å²) in [6, 6.07) is 17.4. The molecule has 0 atom stereocenters. The second-order valence-electron chi connectivity index (χ2n) is 6.41. The Kier molecular flexibility index (Phi) is 5.37. The number of furan rings is 1. The Balaban J connectivity index is 1.79. The van der Waals surface area contributed by atoms with Gasteiger partial charge in [0.1, 0.15) is 17.1 Å². The molecule has 0 bridgehead atoms. The van der Waals surface area contributed by atoms with Gasteiger partial charge in [0.2, 0.25) is 5.78 Å². The first-order valence-electron chi connectivity index (χ1n) is 8.95. The van der Waals surface area contributed by atoms with Gasteiger partial charge in [-0.25, -0.2) is 4.39 Å². The maximum atomic E-state index is 14.1. The van der Waals surface area contributed by atoms with Gasteiger partial charge < -0.3 is 14.5 Å². The third-order valence-corrected chi connectivity index (χ3v) is 5.19. The zero-order valence-electron chi connectivity index (χ0n) is 15.7. The Morgan fingerprint density at radius 1 is 1.03 bits per heavy atom. The molecule has 5 nitrogen and oxygen atoms in total. The van der Waals surface area contributed by atoms with Crippen molar-refractivity contribution in [1.29, 1.82) is 0 Å². The zero-order chi connectivity index (χ0) is 21.3. The van der Waals surface area contributed by atoms with E-state index in [1.807, 2.05) is 0 Å². The molecule has 7 heteroatoms. The smallest absolute Gasteiger partial charge is 0.258 e. The van der Waals surface area contributed by atoms with Crippen molar-refractivity contribution >= 4 is 44.3 Å². The molecule has 30 heavy (non-hydrogen) atoms. The van der Waals surface area contributed by atoms with Crippen molar-refractivity contribution in [2.45, 2.75) is 0 Å². The normalized spacial score (nSPS) is 10.8. The molecular formula is C23H15BrFNO4. The Morgan fingerprint density at radius 3 is 2.50 bits per heavy atom. The van der Waals surface area contributed by atoms with Crippen LogP contribution in [0.3, 0.4) is 0 Å². The number of amides is 1. The van der Waals surface area contributed by atoms with Crippen LogP contribution >= 0.6 is 15.9 Å². The number of hydrogen-bond donors (Lipinski definition) is 1. The molecule has 0 fully saturated rings. The lowest BCUT2D eigenvalue weighted by Gasteiger charge is -2.08. The maximum absolute atomic E-state index is 14.1. The monoisotopic (exact) mass is 467 g/mol. The molecule has 0 radical (unpaired) electrons. The SMILES string of the molecule is COc1ccc(C(=O)c2oc3ccccc3c2NC(=O)c2ccccc2F)cc1Br. The quantitative estimate of drug-likeness (QED) is 0.375. The Morgan fingerprint density at radius 2 is 1.77 bits per heavy atom. The first kappa shape index (κ1) is 19.8. The summed E-state index contributed by atoms with van der Waals surface area (Å²) in [7, 11) is 1.52. The largest absolute Gasteiger partial charge is 0.496 e. The highest BCUT2D eigenvalue weighted by atomic mass is 79.9. The third-order valence-electron chi connectivity index (χ3n) is 4.57. The molecule has 0 aliphatic heterocycles. The second-order valence-corrected chi connectivity index (χ2v) is 7.27. The van der Waals surface area contributed by atoms with E-state index in [1.54, 1.807) is 48.5 Å². The second kappa shape index (κ2) is 8.12. The molecule has 3 aromatic carbocycles. The molecule has 150 valence electrons. The lowest BCUT2D eigenvalue weighted by atomic mass is 10.1. The molecule has 4 aromatic rings. The first-order valence-corrected chi connectivity index (χ1v) is 9.74. The minimum absolute atomic E-state index is 0.0436. The topological polar surface area (TPSA) is 68.5 Å². The minimum Gasteiger partial charge on any atom is -0.496 e. The van der Waals surface area contributed by atoms with Crippen LogP contribution in [0.2, 0.25) is 0 Å². The summed E-state index contributed by atoms with van der Waals surface area (Å²) in [5.74, 6) is -1.24. The lowest BCUT2D eigenvalue weighted by Crippen LogP contribution is -2.15. The van der Waals surface area contributed by atoms with E-state index in [2.05, 4.69) is 21.2 Å². The van der Waals surface area contributed by atoms with E-state index in [0.717, 1.165) is 0 Å². The van der Waals surface area contributed by atoms with Crippen molar-refractivity contribution in [1.82, 2.24) is 0 Å². The van der Waals surface area contributed by atoms with Crippen LogP contribution in [0, 0.1) is 5.82 Å². The number of ketones is 1. The molecule has 0 saturated heterocycles. The lowest BCUT2D eigenvalue weighted by molar-refractivity contribution is 0.101. The predicted octanol–water partition coefficient (Wildman–Crippen LogP) is 5.83. The van der Waals surface area contributed by atoms with E-state index in [0.29, 0.717) is 26.8 Å². The van der Waals surface area contributed by atoms with Crippen LogP contribution in [-0.2, 0) is 0 Å². The number of anilines is 1. The van der Waals surface area contributed by atoms with Crippen LogP contribution in [0.4, 0.5) is 10.1 Å². The fraction of sp³-hybridized carbons (Fsp3) is 0.0435. The third kappa shape index (κ3) is 3.59. The van der Waals surface area contributed by atoms with E-state index in [9.17, 15) is 14.0 Å². The fourth-order valence-electron chi connectivity index (χ4n) is 3.09. The highest BCUT2D eigenvalue weighted by Gasteiger charge is 2.25. The molecule has 1 heterocycles. The summed E-state index contributed by atoms with van der Waals surface area (Å²) in [6.07, 6.45) is 0. The number of carbonyl (C=O) groups excluding carboxylic acids is 2. The zero-order valence-corrected chi connectivity index (χ0v) is 17.3. The van der Waals surface area contributed by atoms with Gasteiger partial charge in [0.25, 0.3) is 5.91 Å². The summed E-state index contributed by atoms with van der Waals surface area (Å²) in [4.78, 5) is 25.9. The highest BCUT2D eigenvalue weighted by molar-refractivity contribution is 9.10. The number of methoxy groups -OCH3 is 1. The van der Waals surface area contributed by atoms with Crippen LogP contribution in [0.5, 0.6) is 5.75 Å². The number of para-hydroxylation sites is 1. The number of nitrogens with one attached hydrogen (secondary N) is 1. The van der Waals surface area contributed by atoms with Crippen LogP contribution < -0.4 is 10.1 Å². The van der Waals surface area contributed by atoms with Crippen molar-refractivity contribution in [3.8, 4) is 5.75 Å². The maximum Gasteiger partial charge on any atom is 0.258 e. The number of carbonyl (C=O) groups is 2. The molecule has 4 rings (SSSR count). The van der Waals surface area contributed by atoms with Crippen molar-refractivity contribution < 1.29 is 23.1 Å². The van der Waals surface area contributed by atoms with E-state index >= 15 is 0 Å².